The van der Waals surface area contributed by atoms with Gasteiger partial charge in [0.05, 0.1) is 15.6 Å². The maximum Gasteiger partial charge on any atom is 0.257 e. The first-order valence-electron chi connectivity index (χ1n) is 5.22. The highest BCUT2D eigenvalue weighted by atomic mass is 35.5. The second kappa shape index (κ2) is 5.47. The maximum atomic E-state index is 12.9. The van der Waals surface area contributed by atoms with E-state index in [1.54, 1.807) is 0 Å². The number of aromatic hydroxyl groups is 1. The Hall–Kier alpha value is -1.78. The first-order valence-corrected chi connectivity index (χ1v) is 5.98. The first-order chi connectivity index (χ1) is 8.97. The van der Waals surface area contributed by atoms with Gasteiger partial charge in [0.15, 0.2) is 0 Å². The first kappa shape index (κ1) is 13.6. The summed E-state index contributed by atoms with van der Waals surface area (Å²) >= 11 is 11.4. The summed E-state index contributed by atoms with van der Waals surface area (Å²) in [4.78, 5) is 11.9. The van der Waals surface area contributed by atoms with Crippen molar-refractivity contribution in [1.82, 2.24) is 0 Å². The minimum atomic E-state index is -0.523. The molecule has 3 nitrogen and oxygen atoms in total. The number of phenols is 1. The van der Waals surface area contributed by atoms with Crippen LogP contribution in [0.25, 0.3) is 0 Å². The van der Waals surface area contributed by atoms with Crippen molar-refractivity contribution < 1.29 is 14.3 Å². The molecule has 0 aromatic heterocycles. The van der Waals surface area contributed by atoms with Gasteiger partial charge in [-0.2, -0.15) is 0 Å². The molecule has 2 aromatic rings. The van der Waals surface area contributed by atoms with E-state index in [2.05, 4.69) is 5.32 Å². The highest BCUT2D eigenvalue weighted by Gasteiger charge is 2.12. The van der Waals surface area contributed by atoms with Crippen LogP contribution in [-0.2, 0) is 0 Å². The summed E-state index contributed by atoms with van der Waals surface area (Å²) in [7, 11) is 0. The summed E-state index contributed by atoms with van der Waals surface area (Å²) in [6.07, 6.45) is 0. The molecule has 0 fully saturated rings. The van der Waals surface area contributed by atoms with Crippen LogP contribution < -0.4 is 5.32 Å². The lowest BCUT2D eigenvalue weighted by molar-refractivity contribution is 0.102. The van der Waals surface area contributed by atoms with Gasteiger partial charge in [0.1, 0.15) is 11.6 Å². The van der Waals surface area contributed by atoms with Gasteiger partial charge in [-0.15, -0.1) is 0 Å². The Labute approximate surface area is 118 Å². The number of hydrogen-bond donors (Lipinski definition) is 2. The molecular formula is C13H8Cl2FNO2. The second-order valence-corrected chi connectivity index (χ2v) is 4.56. The van der Waals surface area contributed by atoms with Crippen molar-refractivity contribution in [1.29, 1.82) is 0 Å². The SMILES string of the molecule is O=C(Nc1ccc(Cl)c(O)c1)c1ccc(F)cc1Cl. The van der Waals surface area contributed by atoms with Crippen LogP contribution in [0, 0.1) is 5.82 Å². The van der Waals surface area contributed by atoms with Crippen LogP contribution in [0.2, 0.25) is 10.0 Å². The molecule has 0 aliphatic rings. The molecule has 0 aliphatic heterocycles. The Morgan fingerprint density at radius 2 is 1.84 bits per heavy atom. The lowest BCUT2D eigenvalue weighted by Crippen LogP contribution is -2.12. The van der Waals surface area contributed by atoms with Gasteiger partial charge in [-0.1, -0.05) is 23.2 Å². The molecule has 0 aliphatic carbocycles. The quantitative estimate of drug-likeness (QED) is 0.877. The second-order valence-electron chi connectivity index (χ2n) is 3.74. The third-order valence-corrected chi connectivity index (χ3v) is 3.01. The molecule has 6 heteroatoms. The molecular weight excluding hydrogens is 292 g/mol. The summed E-state index contributed by atoms with van der Waals surface area (Å²) in [5.41, 5.74) is 0.491. The molecule has 0 radical (unpaired) electrons. The Morgan fingerprint density at radius 1 is 1.11 bits per heavy atom. The monoisotopic (exact) mass is 299 g/mol. The van der Waals surface area contributed by atoms with E-state index in [9.17, 15) is 14.3 Å². The molecule has 0 unspecified atom stereocenters. The number of anilines is 1. The lowest BCUT2D eigenvalue weighted by Gasteiger charge is -2.07. The van der Waals surface area contributed by atoms with E-state index in [0.29, 0.717) is 5.69 Å². The minimum absolute atomic E-state index is 0.00989. The van der Waals surface area contributed by atoms with E-state index in [1.807, 2.05) is 0 Å². The predicted octanol–water partition coefficient (Wildman–Crippen LogP) is 4.09. The van der Waals surface area contributed by atoms with Crippen molar-refractivity contribution in [2.24, 2.45) is 0 Å². The van der Waals surface area contributed by atoms with Gasteiger partial charge in [-0.25, -0.2) is 4.39 Å². The van der Waals surface area contributed by atoms with E-state index in [0.717, 1.165) is 12.1 Å². The van der Waals surface area contributed by atoms with Gasteiger partial charge in [0.25, 0.3) is 5.91 Å². The van der Waals surface area contributed by atoms with Gasteiger partial charge in [-0.3, -0.25) is 4.79 Å². The molecule has 0 atom stereocenters. The van der Waals surface area contributed by atoms with E-state index in [-0.39, 0.29) is 21.4 Å². The van der Waals surface area contributed by atoms with Crippen molar-refractivity contribution in [3.05, 3.63) is 57.8 Å². The van der Waals surface area contributed by atoms with Crippen molar-refractivity contribution in [3.63, 3.8) is 0 Å². The molecule has 0 saturated carbocycles. The Balaban J connectivity index is 2.23. The highest BCUT2D eigenvalue weighted by Crippen LogP contribution is 2.27. The number of rotatable bonds is 2. The average molecular weight is 300 g/mol. The summed E-state index contributed by atoms with van der Waals surface area (Å²) < 4.78 is 12.9. The van der Waals surface area contributed by atoms with Gasteiger partial charge in [0.2, 0.25) is 0 Å². The topological polar surface area (TPSA) is 49.3 Å². The van der Waals surface area contributed by atoms with Crippen molar-refractivity contribution in [2.45, 2.75) is 0 Å². The number of carbonyl (C=O) groups is 1. The molecule has 2 rings (SSSR count). The normalized spacial score (nSPS) is 10.3. The van der Waals surface area contributed by atoms with Crippen LogP contribution in [0.5, 0.6) is 5.75 Å². The van der Waals surface area contributed by atoms with Crippen molar-refractivity contribution in [2.75, 3.05) is 5.32 Å². The van der Waals surface area contributed by atoms with Crippen molar-refractivity contribution in [3.8, 4) is 5.75 Å². The van der Waals surface area contributed by atoms with Gasteiger partial charge >= 0.3 is 0 Å². The van der Waals surface area contributed by atoms with E-state index < -0.39 is 11.7 Å². The van der Waals surface area contributed by atoms with Crippen LogP contribution in [0.4, 0.5) is 10.1 Å². The molecule has 0 bridgehead atoms. The zero-order chi connectivity index (χ0) is 14.0. The summed E-state index contributed by atoms with van der Waals surface area (Å²) in [5, 5.41) is 12.1. The molecule has 98 valence electrons. The van der Waals surface area contributed by atoms with Crippen molar-refractivity contribution >= 4 is 34.8 Å². The van der Waals surface area contributed by atoms with E-state index >= 15 is 0 Å². The number of nitrogens with one attached hydrogen (secondary N) is 1. The fourth-order valence-corrected chi connectivity index (χ4v) is 1.83. The number of hydrogen-bond acceptors (Lipinski definition) is 2. The number of phenolic OH excluding ortho intramolecular Hbond substituents is 1. The standard InChI is InChI=1S/C13H8Cl2FNO2/c14-10-4-2-8(6-12(10)18)17-13(19)9-3-1-7(16)5-11(9)15/h1-6,18H,(H,17,19). The molecule has 19 heavy (non-hydrogen) atoms. The third kappa shape index (κ3) is 3.16. The largest absolute Gasteiger partial charge is 0.506 e. The van der Waals surface area contributed by atoms with Crippen LogP contribution in [0.15, 0.2) is 36.4 Å². The number of amides is 1. The van der Waals surface area contributed by atoms with Crippen LogP contribution >= 0.6 is 23.2 Å². The zero-order valence-corrected chi connectivity index (χ0v) is 11.0. The van der Waals surface area contributed by atoms with Gasteiger partial charge in [-0.05, 0) is 30.3 Å². The third-order valence-electron chi connectivity index (χ3n) is 2.38. The van der Waals surface area contributed by atoms with Gasteiger partial charge in [0, 0.05) is 11.8 Å². The summed E-state index contributed by atoms with van der Waals surface area (Å²) in [6, 6.07) is 7.74. The fraction of sp³-hybridized carbons (Fsp3) is 0. The predicted molar refractivity (Wildman–Crippen MR) is 72.5 cm³/mol. The maximum absolute atomic E-state index is 12.9. The van der Waals surface area contributed by atoms with Crippen LogP contribution in [0.3, 0.4) is 0 Å². The Bertz CT molecular complexity index is 647. The molecule has 0 saturated heterocycles. The number of benzene rings is 2. The average Bonchev–Trinajstić information content (AvgIpc) is 2.33. The summed E-state index contributed by atoms with van der Waals surface area (Å²) in [5.74, 6) is -1.18. The van der Waals surface area contributed by atoms with Gasteiger partial charge < -0.3 is 10.4 Å². The molecule has 1 amide bonds. The number of carbonyl (C=O) groups excluding carboxylic acids is 1. The zero-order valence-electron chi connectivity index (χ0n) is 9.45. The Kier molecular flexibility index (Phi) is 3.93. The molecule has 2 N–H and O–H groups in total. The van der Waals surface area contributed by atoms with Crippen LogP contribution in [0.1, 0.15) is 10.4 Å². The Morgan fingerprint density at radius 3 is 2.47 bits per heavy atom. The smallest absolute Gasteiger partial charge is 0.257 e. The molecule has 0 heterocycles. The number of halogens is 3. The fourth-order valence-electron chi connectivity index (χ4n) is 1.46. The van der Waals surface area contributed by atoms with E-state index in [1.165, 1.54) is 24.3 Å². The highest BCUT2D eigenvalue weighted by molar-refractivity contribution is 6.34. The molecule has 2 aromatic carbocycles. The molecule has 0 spiro atoms. The minimum Gasteiger partial charge on any atom is -0.506 e. The summed E-state index contributed by atoms with van der Waals surface area (Å²) in [6.45, 7) is 0. The lowest BCUT2D eigenvalue weighted by atomic mass is 10.2. The van der Waals surface area contributed by atoms with E-state index in [4.69, 9.17) is 23.2 Å². The van der Waals surface area contributed by atoms with Crippen LogP contribution in [-0.4, -0.2) is 11.0 Å².